The molecule has 1 aliphatic heterocycles. The zero-order chi connectivity index (χ0) is 20.0. The summed E-state index contributed by atoms with van der Waals surface area (Å²) in [6, 6.07) is 9.31. The highest BCUT2D eigenvalue weighted by molar-refractivity contribution is 7.15. The van der Waals surface area contributed by atoms with Crippen molar-refractivity contribution in [3.63, 3.8) is 0 Å². The van der Waals surface area contributed by atoms with Crippen LogP contribution in [0, 0.1) is 6.92 Å². The van der Waals surface area contributed by atoms with Crippen LogP contribution in [-0.4, -0.2) is 51.3 Å². The Balaban J connectivity index is 1.27. The van der Waals surface area contributed by atoms with Crippen LogP contribution in [0.1, 0.15) is 21.8 Å². The molecule has 29 heavy (non-hydrogen) atoms. The maximum Gasteiger partial charge on any atom is 0.289 e. The van der Waals surface area contributed by atoms with Crippen molar-refractivity contribution in [1.29, 1.82) is 0 Å². The van der Waals surface area contributed by atoms with Crippen molar-refractivity contribution in [3.8, 4) is 0 Å². The van der Waals surface area contributed by atoms with E-state index in [0.717, 1.165) is 35.3 Å². The van der Waals surface area contributed by atoms with Gasteiger partial charge in [0.1, 0.15) is 5.58 Å². The van der Waals surface area contributed by atoms with E-state index in [9.17, 15) is 9.59 Å². The van der Waals surface area contributed by atoms with Crippen molar-refractivity contribution in [2.24, 2.45) is 0 Å². The standard InChI is InChI=1S/C21H20N4O3S/c1-14-16-4-2-3-5-17(16)28-19(14)20(27)24-8-6-23(7-9-24)13-15-12-18(26)25-10-11-29-21(25)22-15/h2-5,10-12H,6-9,13H2,1H3. The quantitative estimate of drug-likeness (QED) is 0.521. The molecule has 0 unspecified atom stereocenters. The Bertz CT molecular complexity index is 1260. The third-order valence-corrected chi connectivity index (χ3v) is 6.20. The number of hydrogen-bond acceptors (Lipinski definition) is 6. The monoisotopic (exact) mass is 408 g/mol. The van der Waals surface area contributed by atoms with Crippen LogP contribution in [0.3, 0.4) is 0 Å². The minimum absolute atomic E-state index is 0.0552. The number of benzene rings is 1. The van der Waals surface area contributed by atoms with Crippen LogP contribution in [0.5, 0.6) is 0 Å². The van der Waals surface area contributed by atoms with Crippen molar-refractivity contribution < 1.29 is 9.21 Å². The van der Waals surface area contributed by atoms with E-state index in [0.29, 0.717) is 30.4 Å². The maximum absolute atomic E-state index is 13.0. The van der Waals surface area contributed by atoms with Gasteiger partial charge in [0.2, 0.25) is 0 Å². The Hall–Kier alpha value is -2.97. The summed E-state index contributed by atoms with van der Waals surface area (Å²) in [6.45, 7) is 5.24. The lowest BCUT2D eigenvalue weighted by molar-refractivity contribution is 0.0597. The molecule has 0 N–H and O–H groups in total. The number of aromatic nitrogens is 2. The van der Waals surface area contributed by atoms with Gasteiger partial charge < -0.3 is 9.32 Å². The molecule has 7 nitrogen and oxygen atoms in total. The summed E-state index contributed by atoms with van der Waals surface area (Å²) in [7, 11) is 0. The van der Waals surface area contributed by atoms with Crippen molar-refractivity contribution in [3.05, 3.63) is 69.3 Å². The molecule has 0 saturated carbocycles. The fourth-order valence-corrected chi connectivity index (χ4v) is 4.57. The molecule has 1 fully saturated rings. The molecule has 1 saturated heterocycles. The Morgan fingerprint density at radius 3 is 2.79 bits per heavy atom. The van der Waals surface area contributed by atoms with Gasteiger partial charge in [-0.1, -0.05) is 18.2 Å². The molecule has 0 radical (unpaired) electrons. The van der Waals surface area contributed by atoms with E-state index in [1.54, 1.807) is 16.7 Å². The summed E-state index contributed by atoms with van der Waals surface area (Å²) in [6.07, 6.45) is 1.74. The average molecular weight is 408 g/mol. The van der Waals surface area contributed by atoms with Gasteiger partial charge in [0, 0.05) is 61.3 Å². The highest BCUT2D eigenvalue weighted by Gasteiger charge is 2.26. The Morgan fingerprint density at radius 1 is 1.21 bits per heavy atom. The maximum atomic E-state index is 13.0. The first kappa shape index (κ1) is 18.1. The van der Waals surface area contributed by atoms with E-state index in [1.165, 1.54) is 11.3 Å². The highest BCUT2D eigenvalue weighted by Crippen LogP contribution is 2.26. The zero-order valence-electron chi connectivity index (χ0n) is 16.0. The fraction of sp³-hybridized carbons (Fsp3) is 0.286. The number of furan rings is 1. The van der Waals surface area contributed by atoms with Gasteiger partial charge in [-0.05, 0) is 13.0 Å². The molecule has 0 atom stereocenters. The van der Waals surface area contributed by atoms with E-state index >= 15 is 0 Å². The van der Waals surface area contributed by atoms with E-state index in [-0.39, 0.29) is 11.5 Å². The first-order chi connectivity index (χ1) is 14.1. The van der Waals surface area contributed by atoms with Gasteiger partial charge in [0.05, 0.1) is 5.69 Å². The van der Waals surface area contributed by atoms with Gasteiger partial charge in [-0.2, -0.15) is 0 Å². The van der Waals surface area contributed by atoms with Gasteiger partial charge in [-0.25, -0.2) is 4.98 Å². The summed E-state index contributed by atoms with van der Waals surface area (Å²) in [5.74, 6) is 0.368. The zero-order valence-corrected chi connectivity index (χ0v) is 16.8. The van der Waals surface area contributed by atoms with Crippen LogP contribution in [0.25, 0.3) is 15.9 Å². The molecular weight excluding hydrogens is 388 g/mol. The average Bonchev–Trinajstić information content (AvgIpc) is 3.33. The number of fused-ring (bicyclic) bond motifs is 2. The second-order valence-corrected chi connectivity index (χ2v) is 8.14. The number of carbonyl (C=O) groups is 1. The Morgan fingerprint density at radius 2 is 2.00 bits per heavy atom. The Kier molecular flexibility index (Phi) is 4.44. The molecule has 0 spiro atoms. The van der Waals surface area contributed by atoms with Gasteiger partial charge >= 0.3 is 0 Å². The molecular formula is C21H20N4O3S. The molecule has 1 aliphatic rings. The van der Waals surface area contributed by atoms with Crippen LogP contribution in [0.2, 0.25) is 0 Å². The Labute approximate surface area is 170 Å². The third kappa shape index (κ3) is 3.24. The van der Waals surface area contributed by atoms with E-state index in [4.69, 9.17) is 4.42 Å². The second-order valence-electron chi connectivity index (χ2n) is 7.26. The summed E-state index contributed by atoms with van der Waals surface area (Å²) in [5.41, 5.74) is 2.35. The lowest BCUT2D eigenvalue weighted by Crippen LogP contribution is -2.48. The van der Waals surface area contributed by atoms with Crippen LogP contribution < -0.4 is 5.56 Å². The largest absolute Gasteiger partial charge is 0.451 e. The van der Waals surface area contributed by atoms with Crippen molar-refractivity contribution >= 4 is 33.2 Å². The SMILES string of the molecule is Cc1c(C(=O)N2CCN(Cc3cc(=O)n4ccsc4n3)CC2)oc2ccccc12. The van der Waals surface area contributed by atoms with E-state index < -0.39 is 0 Å². The first-order valence-corrected chi connectivity index (χ1v) is 10.4. The van der Waals surface area contributed by atoms with Crippen molar-refractivity contribution in [2.45, 2.75) is 13.5 Å². The lowest BCUT2D eigenvalue weighted by atomic mass is 10.1. The first-order valence-electron chi connectivity index (χ1n) is 9.56. The number of piperazine rings is 1. The topological polar surface area (TPSA) is 71.1 Å². The molecule has 4 heterocycles. The number of nitrogens with zero attached hydrogens (tertiary/aromatic N) is 4. The molecule has 1 amide bonds. The molecule has 0 bridgehead atoms. The van der Waals surface area contributed by atoms with Gasteiger partial charge in [0.15, 0.2) is 10.7 Å². The van der Waals surface area contributed by atoms with Gasteiger partial charge in [-0.15, -0.1) is 11.3 Å². The normalized spacial score (nSPS) is 15.4. The minimum Gasteiger partial charge on any atom is -0.451 e. The molecule has 148 valence electrons. The van der Waals surface area contributed by atoms with Crippen LogP contribution >= 0.6 is 11.3 Å². The van der Waals surface area contributed by atoms with Crippen molar-refractivity contribution in [2.75, 3.05) is 26.2 Å². The number of carbonyl (C=O) groups excluding carboxylic acids is 1. The van der Waals surface area contributed by atoms with E-state index in [2.05, 4.69) is 9.88 Å². The number of rotatable bonds is 3. The predicted molar refractivity (Wildman–Crippen MR) is 111 cm³/mol. The summed E-state index contributed by atoms with van der Waals surface area (Å²) >= 11 is 1.45. The number of amides is 1. The molecule has 8 heteroatoms. The number of aryl methyl sites for hydroxylation is 1. The predicted octanol–water partition coefficient (Wildman–Crippen LogP) is 2.77. The highest BCUT2D eigenvalue weighted by atomic mass is 32.1. The van der Waals surface area contributed by atoms with E-state index in [1.807, 2.05) is 41.5 Å². The smallest absolute Gasteiger partial charge is 0.289 e. The van der Waals surface area contributed by atoms with Gasteiger partial charge in [0.25, 0.3) is 11.5 Å². The van der Waals surface area contributed by atoms with Gasteiger partial charge in [-0.3, -0.25) is 18.9 Å². The summed E-state index contributed by atoms with van der Waals surface area (Å²) in [4.78, 5) is 34.5. The van der Waals surface area contributed by atoms with Crippen LogP contribution in [-0.2, 0) is 6.54 Å². The third-order valence-electron chi connectivity index (χ3n) is 5.44. The number of hydrogen-bond donors (Lipinski definition) is 0. The van der Waals surface area contributed by atoms with Crippen molar-refractivity contribution in [1.82, 2.24) is 19.2 Å². The summed E-state index contributed by atoms with van der Waals surface area (Å²) < 4.78 is 7.39. The molecule has 4 aromatic rings. The molecule has 1 aromatic carbocycles. The minimum atomic E-state index is -0.0604. The van der Waals surface area contributed by atoms with Crippen LogP contribution in [0.15, 0.2) is 51.1 Å². The number of para-hydroxylation sites is 1. The molecule has 5 rings (SSSR count). The second kappa shape index (κ2) is 7.13. The lowest BCUT2D eigenvalue weighted by Gasteiger charge is -2.34. The fourth-order valence-electron chi connectivity index (χ4n) is 3.83. The molecule has 0 aliphatic carbocycles. The number of thiazole rings is 1. The summed E-state index contributed by atoms with van der Waals surface area (Å²) in [5, 5.41) is 2.84. The molecule has 3 aromatic heterocycles. The van der Waals surface area contributed by atoms with Crippen LogP contribution in [0.4, 0.5) is 0 Å².